The molecule has 0 amide bonds. The highest BCUT2D eigenvalue weighted by atomic mass is 16.5. The van der Waals surface area contributed by atoms with Crippen LogP contribution in [0.3, 0.4) is 0 Å². The van der Waals surface area contributed by atoms with Crippen LogP contribution in [0, 0.1) is 12.8 Å². The fourth-order valence-corrected chi connectivity index (χ4v) is 2.35. The van der Waals surface area contributed by atoms with Crippen LogP contribution in [0.2, 0.25) is 0 Å². The van der Waals surface area contributed by atoms with Gasteiger partial charge in [-0.1, -0.05) is 6.07 Å². The summed E-state index contributed by atoms with van der Waals surface area (Å²) in [5, 5.41) is 3.41. The zero-order valence-corrected chi connectivity index (χ0v) is 10.7. The number of aryl methyl sites for hydroxylation is 1. The van der Waals surface area contributed by atoms with E-state index < -0.39 is 0 Å². The number of nitrogens with two attached hydrogens (primary N) is 1. The lowest BCUT2D eigenvalue weighted by atomic mass is 9.94. The predicted octanol–water partition coefficient (Wildman–Crippen LogP) is 2.34. The van der Waals surface area contributed by atoms with Gasteiger partial charge in [0.1, 0.15) is 11.9 Å². The first-order chi connectivity index (χ1) is 8.16. The Labute approximate surface area is 103 Å². The molecule has 2 rings (SSSR count). The highest BCUT2D eigenvalue weighted by Crippen LogP contribution is 2.26. The first-order valence-corrected chi connectivity index (χ1v) is 6.40. The molecular weight excluding hydrogens is 212 g/mol. The maximum Gasteiger partial charge on any atom is 0.142 e. The van der Waals surface area contributed by atoms with Crippen LogP contribution in [0.25, 0.3) is 0 Å². The Morgan fingerprint density at radius 1 is 1.47 bits per heavy atom. The summed E-state index contributed by atoms with van der Waals surface area (Å²) < 4.78 is 5.97. The van der Waals surface area contributed by atoms with E-state index in [9.17, 15) is 0 Å². The molecule has 0 radical (unpaired) electrons. The van der Waals surface area contributed by atoms with Crippen LogP contribution >= 0.6 is 0 Å². The molecule has 3 N–H and O–H groups in total. The summed E-state index contributed by atoms with van der Waals surface area (Å²) in [5.41, 5.74) is 7.86. The van der Waals surface area contributed by atoms with Crippen LogP contribution in [0.1, 0.15) is 25.3 Å². The fraction of sp³-hybridized carbons (Fsp3) is 0.571. The third-order valence-corrected chi connectivity index (χ3v) is 3.48. The number of hydrogen-bond donors (Lipinski definition) is 2. The zero-order valence-electron chi connectivity index (χ0n) is 10.7. The zero-order chi connectivity index (χ0) is 12.3. The second-order valence-corrected chi connectivity index (χ2v) is 4.97. The quantitative estimate of drug-likeness (QED) is 0.789. The third kappa shape index (κ3) is 3.13. The van der Waals surface area contributed by atoms with Gasteiger partial charge in [0, 0.05) is 12.5 Å². The third-order valence-electron chi connectivity index (χ3n) is 3.48. The topological polar surface area (TPSA) is 47.3 Å². The van der Waals surface area contributed by atoms with E-state index in [0.717, 1.165) is 24.5 Å². The van der Waals surface area contributed by atoms with E-state index in [1.807, 2.05) is 25.1 Å². The lowest BCUT2D eigenvalue weighted by Crippen LogP contribution is -2.38. The average Bonchev–Trinajstić information content (AvgIpc) is 2.34. The lowest BCUT2D eigenvalue weighted by Gasteiger charge is -2.29. The number of ether oxygens (including phenoxy) is 1. The molecule has 0 saturated carbocycles. The number of benzene rings is 1. The Morgan fingerprint density at radius 3 is 2.94 bits per heavy atom. The van der Waals surface area contributed by atoms with E-state index in [4.69, 9.17) is 10.5 Å². The molecule has 0 aromatic heterocycles. The monoisotopic (exact) mass is 234 g/mol. The first-order valence-electron chi connectivity index (χ1n) is 6.40. The van der Waals surface area contributed by atoms with Gasteiger partial charge in [0.05, 0.1) is 5.69 Å². The number of nitrogens with one attached hydrogen (secondary N) is 1. The molecule has 1 aromatic carbocycles. The van der Waals surface area contributed by atoms with E-state index >= 15 is 0 Å². The van der Waals surface area contributed by atoms with Gasteiger partial charge in [-0.2, -0.15) is 0 Å². The van der Waals surface area contributed by atoms with E-state index in [0.29, 0.717) is 5.92 Å². The van der Waals surface area contributed by atoms with E-state index in [1.54, 1.807) is 0 Å². The highest BCUT2D eigenvalue weighted by Gasteiger charge is 2.21. The minimum Gasteiger partial charge on any atom is -0.488 e. The van der Waals surface area contributed by atoms with Gasteiger partial charge < -0.3 is 15.8 Å². The van der Waals surface area contributed by atoms with Crippen LogP contribution in [-0.2, 0) is 0 Å². The van der Waals surface area contributed by atoms with Gasteiger partial charge in [0.25, 0.3) is 0 Å². The van der Waals surface area contributed by atoms with Gasteiger partial charge in [0.15, 0.2) is 0 Å². The molecule has 2 atom stereocenters. The summed E-state index contributed by atoms with van der Waals surface area (Å²) in [7, 11) is 0. The van der Waals surface area contributed by atoms with Crippen molar-refractivity contribution in [1.82, 2.24) is 5.32 Å². The number of rotatable bonds is 3. The van der Waals surface area contributed by atoms with Crippen LogP contribution in [-0.4, -0.2) is 19.2 Å². The molecule has 1 saturated heterocycles. The standard InChI is InChI=1S/C14H22N2O/c1-10-5-6-14(13(15)8-10)17-11(2)12-4-3-7-16-9-12/h5-6,8,11-12,16H,3-4,7,9,15H2,1-2H3. The van der Waals surface area contributed by atoms with Gasteiger partial charge in [-0.15, -0.1) is 0 Å². The molecule has 1 heterocycles. The average molecular weight is 234 g/mol. The Hall–Kier alpha value is -1.22. The Balaban J connectivity index is 1.99. The molecule has 1 aromatic rings. The molecule has 0 bridgehead atoms. The van der Waals surface area contributed by atoms with Crippen molar-refractivity contribution in [2.45, 2.75) is 32.8 Å². The number of anilines is 1. The molecule has 3 nitrogen and oxygen atoms in total. The van der Waals surface area contributed by atoms with E-state index in [-0.39, 0.29) is 6.10 Å². The van der Waals surface area contributed by atoms with Crippen LogP contribution in [0.15, 0.2) is 18.2 Å². The van der Waals surface area contributed by atoms with Gasteiger partial charge in [-0.25, -0.2) is 0 Å². The minimum atomic E-state index is 0.216. The van der Waals surface area contributed by atoms with Crippen LogP contribution in [0.5, 0.6) is 5.75 Å². The smallest absolute Gasteiger partial charge is 0.142 e. The second kappa shape index (κ2) is 5.41. The van der Waals surface area contributed by atoms with Gasteiger partial charge in [-0.05, 0) is 50.9 Å². The number of nitrogen functional groups attached to an aromatic ring is 1. The van der Waals surface area contributed by atoms with Crippen LogP contribution in [0.4, 0.5) is 5.69 Å². The predicted molar refractivity (Wildman–Crippen MR) is 71.3 cm³/mol. The minimum absolute atomic E-state index is 0.216. The molecule has 0 aliphatic carbocycles. The fourth-order valence-electron chi connectivity index (χ4n) is 2.35. The number of hydrogen-bond acceptors (Lipinski definition) is 3. The molecule has 1 aliphatic heterocycles. The molecule has 3 heteroatoms. The van der Waals surface area contributed by atoms with Crippen molar-refractivity contribution in [1.29, 1.82) is 0 Å². The molecule has 0 spiro atoms. The van der Waals surface area contributed by atoms with Crippen molar-refractivity contribution >= 4 is 5.69 Å². The molecule has 94 valence electrons. The number of piperidine rings is 1. The lowest BCUT2D eigenvalue weighted by molar-refractivity contribution is 0.132. The summed E-state index contributed by atoms with van der Waals surface area (Å²) in [6.07, 6.45) is 2.69. The second-order valence-electron chi connectivity index (χ2n) is 4.97. The van der Waals surface area contributed by atoms with E-state index in [2.05, 4.69) is 12.2 Å². The molecule has 2 unspecified atom stereocenters. The molecule has 17 heavy (non-hydrogen) atoms. The van der Waals surface area contributed by atoms with Gasteiger partial charge >= 0.3 is 0 Å². The Morgan fingerprint density at radius 2 is 2.29 bits per heavy atom. The Kier molecular flexibility index (Phi) is 3.89. The first kappa shape index (κ1) is 12.2. The van der Waals surface area contributed by atoms with Crippen molar-refractivity contribution < 1.29 is 4.74 Å². The Bertz CT molecular complexity index is 372. The molecular formula is C14H22N2O. The summed E-state index contributed by atoms with van der Waals surface area (Å²) >= 11 is 0. The molecule has 1 aliphatic rings. The van der Waals surface area contributed by atoms with Gasteiger partial charge in [-0.3, -0.25) is 0 Å². The van der Waals surface area contributed by atoms with Crippen molar-refractivity contribution in [2.24, 2.45) is 5.92 Å². The van der Waals surface area contributed by atoms with Crippen molar-refractivity contribution in [3.63, 3.8) is 0 Å². The van der Waals surface area contributed by atoms with Crippen LogP contribution < -0.4 is 15.8 Å². The summed E-state index contributed by atoms with van der Waals surface area (Å²) in [6, 6.07) is 5.97. The van der Waals surface area contributed by atoms with Crippen molar-refractivity contribution in [2.75, 3.05) is 18.8 Å². The van der Waals surface area contributed by atoms with Gasteiger partial charge in [0.2, 0.25) is 0 Å². The normalized spacial score (nSPS) is 22.1. The summed E-state index contributed by atoms with van der Waals surface area (Å²) in [6.45, 7) is 6.36. The van der Waals surface area contributed by atoms with Crippen molar-refractivity contribution in [3.8, 4) is 5.75 Å². The maximum atomic E-state index is 5.97. The highest BCUT2D eigenvalue weighted by molar-refractivity contribution is 5.54. The van der Waals surface area contributed by atoms with Crippen molar-refractivity contribution in [3.05, 3.63) is 23.8 Å². The maximum absolute atomic E-state index is 5.97. The SMILES string of the molecule is Cc1ccc(OC(C)C2CCCNC2)c(N)c1. The van der Waals surface area contributed by atoms with E-state index in [1.165, 1.54) is 18.4 Å². The largest absolute Gasteiger partial charge is 0.488 e. The summed E-state index contributed by atoms with van der Waals surface area (Å²) in [5.74, 6) is 1.40. The summed E-state index contributed by atoms with van der Waals surface area (Å²) in [4.78, 5) is 0. The molecule has 1 fully saturated rings.